The zero-order valence-corrected chi connectivity index (χ0v) is 51.8. The van der Waals surface area contributed by atoms with Crippen molar-refractivity contribution in [2.24, 2.45) is 0 Å². The number of hydrogen-bond donors (Lipinski definition) is 1. The predicted molar refractivity (Wildman–Crippen MR) is 254 cm³/mol. The van der Waals surface area contributed by atoms with Gasteiger partial charge in [-0.3, -0.25) is 9.83 Å². The summed E-state index contributed by atoms with van der Waals surface area (Å²) in [7, 11) is -14.0. The molecule has 1 aliphatic carbocycles. The van der Waals surface area contributed by atoms with Crippen molar-refractivity contribution in [1.82, 2.24) is 0 Å². The summed E-state index contributed by atoms with van der Waals surface area (Å²) in [6.45, 7) is 7.25. The van der Waals surface area contributed by atoms with E-state index in [1.165, 1.54) is 12.1 Å². The Balaban J connectivity index is 0.00000494. The summed E-state index contributed by atoms with van der Waals surface area (Å²) in [5.41, 5.74) is 1.75. The molecule has 0 atom stereocenters. The van der Waals surface area contributed by atoms with Crippen LogP contribution in [0.3, 0.4) is 0 Å². The molecular formula is C48H52F3N2Na3O15S4. The van der Waals surface area contributed by atoms with Gasteiger partial charge in [0, 0.05) is 76.4 Å². The Hall–Kier alpha value is -1.89. The molecule has 0 amide bonds. The molecule has 1 N–H and O–H groups in total. The third kappa shape index (κ3) is 16.8. The van der Waals surface area contributed by atoms with E-state index in [0.29, 0.717) is 68.9 Å². The van der Waals surface area contributed by atoms with Crippen LogP contribution in [-0.2, 0) is 55.4 Å². The number of carboxylic acid groups (broad SMARTS) is 1. The largest absolute Gasteiger partial charge is 1.00 e. The molecule has 17 nitrogen and oxygen atoms in total. The van der Waals surface area contributed by atoms with E-state index < -0.39 is 98.9 Å². The maximum Gasteiger partial charge on any atom is 1.00 e. The van der Waals surface area contributed by atoms with Gasteiger partial charge in [0.1, 0.15) is 22.5 Å². The minimum atomic E-state index is -4.91. The number of rotatable bonds is 23. The number of benzene rings is 3. The van der Waals surface area contributed by atoms with E-state index in [-0.39, 0.29) is 159 Å². The van der Waals surface area contributed by atoms with Crippen molar-refractivity contribution in [3.05, 3.63) is 118 Å². The quantitative estimate of drug-likeness (QED) is 0.0212. The van der Waals surface area contributed by atoms with E-state index in [1.54, 1.807) is 61.3 Å². The molecule has 0 fully saturated rings. The second kappa shape index (κ2) is 28.0. The summed E-state index contributed by atoms with van der Waals surface area (Å²) in [4.78, 5) is 13.0. The molecule has 0 unspecified atom stereocenters. The van der Waals surface area contributed by atoms with Crippen molar-refractivity contribution < 1.29 is 175 Å². The predicted octanol–water partition coefficient (Wildman–Crippen LogP) is -1.68. The average molecular weight is 1150 g/mol. The number of allylic oxidation sites excluding steroid dienone is 8. The number of unbranched alkanes of at least 4 members (excludes halogenated alkanes) is 2. The third-order valence-electron chi connectivity index (χ3n) is 12.8. The van der Waals surface area contributed by atoms with Gasteiger partial charge in [0.05, 0.1) is 54.8 Å². The van der Waals surface area contributed by atoms with Crippen molar-refractivity contribution in [3.63, 3.8) is 0 Å². The minimum absolute atomic E-state index is 0. The second-order valence-corrected chi connectivity index (χ2v) is 23.6. The van der Waals surface area contributed by atoms with Crippen LogP contribution >= 0.6 is 12.0 Å². The molecule has 75 heavy (non-hydrogen) atoms. The summed E-state index contributed by atoms with van der Waals surface area (Å²) >= 11 is 0.670. The second-order valence-electron chi connectivity index (χ2n) is 18.4. The number of anilines is 1. The number of carbonyl (C=O) groups is 1. The Morgan fingerprint density at radius 1 is 0.813 bits per heavy atom. The SMILES string of the molecule is CC1(C)C(=CC=C2CCCC(C=CC3=[N+](CCCCS(=O)(=O)[O-])c4ccc(SOO[O-])cc4C3(C)C)=C2c2c(F)cc(F)c(OCCCC(=O)O)c2F)N(CCCCS(=O)(=O)[O-])c2ccc(S(=O)(=O)[O-])cc21.[Na+].[Na+].[Na+]. The topological polar surface area (TPSA) is 266 Å². The fraction of sp³-hybridized carbons (Fsp3) is 0.417. The molecule has 27 heteroatoms. The first-order chi connectivity index (χ1) is 33.7. The van der Waals surface area contributed by atoms with Gasteiger partial charge in [-0.15, -0.1) is 0 Å². The molecule has 0 aromatic heterocycles. The van der Waals surface area contributed by atoms with Crippen LogP contribution in [0, 0.1) is 17.5 Å². The van der Waals surface area contributed by atoms with E-state index in [0.717, 1.165) is 11.6 Å². The van der Waals surface area contributed by atoms with Crippen molar-refractivity contribution in [1.29, 1.82) is 0 Å². The van der Waals surface area contributed by atoms with E-state index in [2.05, 4.69) is 9.37 Å². The van der Waals surface area contributed by atoms with Crippen LogP contribution in [0.1, 0.15) is 102 Å². The number of carboxylic acids is 1. The van der Waals surface area contributed by atoms with Crippen LogP contribution in [0.5, 0.6) is 5.75 Å². The molecule has 6 rings (SSSR count). The number of hydrogen-bond acceptors (Lipinski definition) is 16. The fourth-order valence-corrected chi connectivity index (χ4v) is 11.4. The molecule has 0 spiro atoms. The molecule has 0 saturated carbocycles. The Morgan fingerprint density at radius 3 is 2.11 bits per heavy atom. The summed E-state index contributed by atoms with van der Waals surface area (Å²) in [6, 6.07) is 9.51. The van der Waals surface area contributed by atoms with Crippen molar-refractivity contribution in [2.45, 2.75) is 106 Å². The zero-order valence-electron chi connectivity index (χ0n) is 42.6. The molecule has 2 aliphatic heterocycles. The standard InChI is InChI=1S/C48H55F3N2O15S4.3Na/c1-47(2)34-27-32(69-68-67-56)16-18-38(34)52(22-5-7-25-70(57,58)59)40(47)20-14-30-11-9-12-31(43(30)44-36(49)29-37(50)46(45(44)51)66-24-10-13-42(54)55)15-21-41-48(3,4)35-28-33(72(63,64)65)17-19-39(35)53(41)23-6-8-26-71(60,61)62;;;/h14-21,27-29H,5-13,22-26H2,1-4H3,(H4-,54,55,56,57,58,59,60,61,62,63,64,65);;;/q;3*+1/p-3. The van der Waals surface area contributed by atoms with Crippen LogP contribution in [-0.4, -0.2) is 91.5 Å². The summed E-state index contributed by atoms with van der Waals surface area (Å²) < 4.78 is 166. The molecule has 3 aliphatic rings. The average Bonchev–Trinajstić information content (AvgIpc) is 3.62. The summed E-state index contributed by atoms with van der Waals surface area (Å²) in [6.07, 6.45) is 7.54. The number of ether oxygens (including phenoxy) is 1. The fourth-order valence-electron chi connectivity index (χ4n) is 9.42. The van der Waals surface area contributed by atoms with Gasteiger partial charge in [-0.2, -0.15) is 8.91 Å². The Kier molecular flexibility index (Phi) is 25.2. The summed E-state index contributed by atoms with van der Waals surface area (Å²) in [5, 5.41) is 23.3. The normalized spacial score (nSPS) is 17.2. The van der Waals surface area contributed by atoms with E-state index in [4.69, 9.17) is 9.84 Å². The Morgan fingerprint density at radius 2 is 1.48 bits per heavy atom. The van der Waals surface area contributed by atoms with Crippen molar-refractivity contribution in [3.8, 4) is 5.75 Å². The third-order valence-corrected chi connectivity index (χ3v) is 15.8. The maximum atomic E-state index is 17.0. The van der Waals surface area contributed by atoms with Crippen LogP contribution < -0.4 is 104 Å². The van der Waals surface area contributed by atoms with Gasteiger partial charge < -0.3 is 33.7 Å². The van der Waals surface area contributed by atoms with Crippen LogP contribution in [0.4, 0.5) is 24.5 Å². The zero-order chi connectivity index (χ0) is 53.0. The molecule has 0 radical (unpaired) electrons. The Labute approximate surface area is 505 Å². The number of halogens is 3. The monoisotopic (exact) mass is 1150 g/mol. The van der Waals surface area contributed by atoms with Gasteiger partial charge in [0.15, 0.2) is 23.1 Å². The molecule has 2 heterocycles. The van der Waals surface area contributed by atoms with Gasteiger partial charge in [0.2, 0.25) is 5.69 Å². The molecule has 0 bridgehead atoms. The van der Waals surface area contributed by atoms with Crippen LogP contribution in [0.2, 0.25) is 0 Å². The molecular weight excluding hydrogens is 1100 g/mol. The van der Waals surface area contributed by atoms with Crippen LogP contribution in [0.15, 0.2) is 93.4 Å². The van der Waals surface area contributed by atoms with Gasteiger partial charge in [-0.25, -0.2) is 38.4 Å². The van der Waals surface area contributed by atoms with E-state index >= 15 is 13.2 Å². The molecule has 0 saturated heterocycles. The number of nitrogens with zero attached hydrogens (tertiary/aromatic N) is 2. The van der Waals surface area contributed by atoms with Gasteiger partial charge in [-0.05, 0) is 117 Å². The first-order valence-electron chi connectivity index (χ1n) is 22.7. The minimum Gasteiger partial charge on any atom is -0.748 e. The molecule has 3 aromatic rings. The smallest absolute Gasteiger partial charge is 0.748 e. The van der Waals surface area contributed by atoms with E-state index in [1.807, 2.05) is 18.4 Å². The van der Waals surface area contributed by atoms with Gasteiger partial charge in [-0.1, -0.05) is 26.0 Å². The first kappa shape index (κ1) is 67.4. The maximum absolute atomic E-state index is 17.0. The first-order valence-corrected chi connectivity index (χ1v) is 28.0. The van der Waals surface area contributed by atoms with Gasteiger partial charge in [0.25, 0.3) is 0 Å². The number of aliphatic carboxylic acids is 1. The summed E-state index contributed by atoms with van der Waals surface area (Å²) in [5.74, 6) is -7.41. The Bertz CT molecular complexity index is 3130. The molecule has 392 valence electrons. The van der Waals surface area contributed by atoms with Gasteiger partial charge >= 0.3 is 94.6 Å². The van der Waals surface area contributed by atoms with E-state index in [9.17, 15) is 49.0 Å². The number of fused-ring (bicyclic) bond motifs is 2. The van der Waals surface area contributed by atoms with Crippen molar-refractivity contribution >= 4 is 71.0 Å². The molecule has 3 aromatic carbocycles. The van der Waals surface area contributed by atoms with Crippen molar-refractivity contribution in [2.75, 3.05) is 36.1 Å². The van der Waals surface area contributed by atoms with Crippen LogP contribution in [0.25, 0.3) is 5.57 Å².